The Labute approximate surface area is 49.6 Å². The van der Waals surface area contributed by atoms with Crippen LogP contribution in [0.15, 0.2) is 0 Å². The second kappa shape index (κ2) is 1.41. The smallest absolute Gasteiger partial charge is 0.260 e. The highest BCUT2D eigenvalue weighted by atomic mass is 35.5. The molecule has 1 nitrogen and oxygen atoms in total. The van der Waals surface area contributed by atoms with Gasteiger partial charge in [0.15, 0.2) is 0 Å². The molecule has 1 saturated carbocycles. The Morgan fingerprint density at radius 1 is 1.75 bits per heavy atom. The van der Waals surface area contributed by atoms with Crippen LogP contribution >= 0.6 is 11.6 Å². The molecule has 0 heterocycles. The molecule has 1 unspecified atom stereocenters. The summed E-state index contributed by atoms with van der Waals surface area (Å²) in [6.45, 7) is 0. The summed E-state index contributed by atoms with van der Waals surface area (Å²) in [5.74, 6) is -3.98. The van der Waals surface area contributed by atoms with Gasteiger partial charge in [0.05, 0.1) is 0 Å². The Balaban J connectivity index is 2.48. The summed E-state index contributed by atoms with van der Waals surface area (Å²) in [6, 6.07) is 0. The van der Waals surface area contributed by atoms with Gasteiger partial charge in [0.2, 0.25) is 5.24 Å². The van der Waals surface area contributed by atoms with E-state index in [0.717, 1.165) is 0 Å². The topological polar surface area (TPSA) is 17.1 Å². The molecule has 0 spiro atoms. The van der Waals surface area contributed by atoms with Crippen molar-refractivity contribution in [1.29, 1.82) is 0 Å². The molecule has 4 heteroatoms. The highest BCUT2D eigenvalue weighted by Crippen LogP contribution is 2.49. The van der Waals surface area contributed by atoms with Crippen LogP contribution in [0, 0.1) is 5.92 Å². The highest BCUT2D eigenvalue weighted by molar-refractivity contribution is 6.64. The second-order valence-corrected chi connectivity index (χ2v) is 2.19. The largest absolute Gasteiger partial charge is 0.281 e. The van der Waals surface area contributed by atoms with E-state index >= 15 is 0 Å². The molecule has 0 radical (unpaired) electrons. The molecule has 1 atom stereocenters. The van der Waals surface area contributed by atoms with Crippen LogP contribution in [0.1, 0.15) is 6.42 Å². The van der Waals surface area contributed by atoms with Gasteiger partial charge >= 0.3 is 0 Å². The van der Waals surface area contributed by atoms with E-state index in [1.807, 2.05) is 0 Å². The van der Waals surface area contributed by atoms with Crippen LogP contribution in [-0.4, -0.2) is 11.2 Å². The number of carbonyl (C=O) groups is 1. The molecule has 1 aliphatic rings. The third-order valence-corrected chi connectivity index (χ3v) is 1.36. The minimum Gasteiger partial charge on any atom is -0.281 e. The lowest BCUT2D eigenvalue weighted by atomic mass is 10.5. The van der Waals surface area contributed by atoms with Gasteiger partial charge in [-0.2, -0.15) is 0 Å². The lowest BCUT2D eigenvalue weighted by Crippen LogP contribution is -1.99. The second-order valence-electron chi connectivity index (χ2n) is 1.82. The van der Waals surface area contributed by atoms with Gasteiger partial charge in [-0.05, 0) is 11.6 Å². The standard InChI is InChI=1S/C4H3ClF2O/c5-3(8)2-1-4(2,6)7/h2H,1H2. The van der Waals surface area contributed by atoms with Crippen molar-refractivity contribution in [1.82, 2.24) is 0 Å². The first-order chi connectivity index (χ1) is 3.54. The molecule has 0 aromatic rings. The quantitative estimate of drug-likeness (QED) is 0.504. The minimum atomic E-state index is -2.79. The molecule has 0 N–H and O–H groups in total. The maximum atomic E-state index is 11.7. The van der Waals surface area contributed by atoms with Gasteiger partial charge in [-0.15, -0.1) is 0 Å². The van der Waals surface area contributed by atoms with Crippen LogP contribution in [0.3, 0.4) is 0 Å². The summed E-state index contributed by atoms with van der Waals surface area (Å²) in [4.78, 5) is 9.91. The highest BCUT2D eigenvalue weighted by Gasteiger charge is 2.60. The van der Waals surface area contributed by atoms with E-state index in [2.05, 4.69) is 0 Å². The normalized spacial score (nSPS) is 32.1. The summed E-state index contributed by atoms with van der Waals surface area (Å²) in [5, 5.41) is -0.921. The van der Waals surface area contributed by atoms with Gasteiger partial charge in [-0.3, -0.25) is 4.79 Å². The fraction of sp³-hybridized carbons (Fsp3) is 0.750. The monoisotopic (exact) mass is 140 g/mol. The summed E-state index contributed by atoms with van der Waals surface area (Å²) >= 11 is 4.74. The number of alkyl halides is 2. The first-order valence-electron chi connectivity index (χ1n) is 2.11. The van der Waals surface area contributed by atoms with Crippen molar-refractivity contribution < 1.29 is 13.6 Å². The van der Waals surface area contributed by atoms with E-state index in [4.69, 9.17) is 11.6 Å². The molecule has 8 heavy (non-hydrogen) atoms. The van der Waals surface area contributed by atoms with Gasteiger partial charge in [0, 0.05) is 6.42 Å². The molecule has 0 aromatic carbocycles. The van der Waals surface area contributed by atoms with Gasteiger partial charge in [0.1, 0.15) is 5.92 Å². The average molecular weight is 141 g/mol. The van der Waals surface area contributed by atoms with E-state index < -0.39 is 17.1 Å². The fourth-order valence-electron chi connectivity index (χ4n) is 0.459. The predicted octanol–water partition coefficient (Wildman–Crippen LogP) is 1.41. The molecule has 1 aliphatic carbocycles. The van der Waals surface area contributed by atoms with Crippen molar-refractivity contribution in [3.63, 3.8) is 0 Å². The maximum absolute atomic E-state index is 11.7. The zero-order valence-corrected chi connectivity index (χ0v) is 4.58. The van der Waals surface area contributed by atoms with Crippen molar-refractivity contribution in [2.24, 2.45) is 5.92 Å². The van der Waals surface area contributed by atoms with Crippen molar-refractivity contribution in [2.45, 2.75) is 12.3 Å². The molecule has 0 bridgehead atoms. The fourth-order valence-corrected chi connectivity index (χ4v) is 0.696. The molecule has 0 amide bonds. The summed E-state index contributed by atoms with van der Waals surface area (Å²) in [6.07, 6.45) is -0.366. The van der Waals surface area contributed by atoms with E-state index in [-0.39, 0.29) is 6.42 Å². The molecule has 0 aliphatic heterocycles. The molecule has 0 saturated heterocycles. The van der Waals surface area contributed by atoms with Crippen LogP contribution in [0.5, 0.6) is 0 Å². The molecule has 0 aromatic heterocycles. The summed E-state index contributed by atoms with van der Waals surface area (Å²) < 4.78 is 23.5. The van der Waals surface area contributed by atoms with E-state index in [0.29, 0.717) is 0 Å². The number of carbonyl (C=O) groups excluding carboxylic acids is 1. The van der Waals surface area contributed by atoms with Crippen LogP contribution in [0.4, 0.5) is 8.78 Å². The maximum Gasteiger partial charge on any atom is 0.260 e. The number of hydrogen-bond acceptors (Lipinski definition) is 1. The van der Waals surface area contributed by atoms with Crippen molar-refractivity contribution >= 4 is 16.8 Å². The summed E-state index contributed by atoms with van der Waals surface area (Å²) in [7, 11) is 0. The molecular weight excluding hydrogens is 137 g/mol. The lowest BCUT2D eigenvalue weighted by Gasteiger charge is -1.85. The van der Waals surface area contributed by atoms with E-state index in [1.54, 1.807) is 0 Å². The van der Waals surface area contributed by atoms with Crippen LogP contribution in [-0.2, 0) is 4.79 Å². The Morgan fingerprint density at radius 3 is 2.12 bits per heavy atom. The Hall–Kier alpha value is -0.180. The van der Waals surface area contributed by atoms with Crippen LogP contribution < -0.4 is 0 Å². The number of halogens is 3. The zero-order chi connectivity index (χ0) is 6.36. The summed E-state index contributed by atoms with van der Waals surface area (Å²) in [5.41, 5.74) is 0. The van der Waals surface area contributed by atoms with Gasteiger partial charge < -0.3 is 0 Å². The zero-order valence-electron chi connectivity index (χ0n) is 3.83. The third-order valence-electron chi connectivity index (χ3n) is 1.10. The Morgan fingerprint density at radius 2 is 2.12 bits per heavy atom. The molecule has 46 valence electrons. The first-order valence-corrected chi connectivity index (χ1v) is 2.49. The van der Waals surface area contributed by atoms with Crippen molar-refractivity contribution in [2.75, 3.05) is 0 Å². The predicted molar refractivity (Wildman–Crippen MR) is 23.9 cm³/mol. The molecule has 1 fully saturated rings. The SMILES string of the molecule is O=C(Cl)C1CC1(F)F. The number of rotatable bonds is 1. The van der Waals surface area contributed by atoms with Gasteiger partial charge in [-0.25, -0.2) is 8.78 Å². The van der Waals surface area contributed by atoms with Crippen molar-refractivity contribution in [3.05, 3.63) is 0 Å². The van der Waals surface area contributed by atoms with E-state index in [1.165, 1.54) is 0 Å². The minimum absolute atomic E-state index is 0.366. The van der Waals surface area contributed by atoms with Gasteiger partial charge in [-0.1, -0.05) is 0 Å². The number of hydrogen-bond donors (Lipinski definition) is 0. The average Bonchev–Trinajstić information content (AvgIpc) is 2.13. The Bertz CT molecular complexity index is 134. The molecule has 1 rings (SSSR count). The van der Waals surface area contributed by atoms with Crippen LogP contribution in [0.2, 0.25) is 0 Å². The van der Waals surface area contributed by atoms with Crippen LogP contribution in [0.25, 0.3) is 0 Å². The Kier molecular flexibility index (Phi) is 1.05. The first kappa shape index (κ1) is 5.95. The van der Waals surface area contributed by atoms with E-state index in [9.17, 15) is 13.6 Å². The van der Waals surface area contributed by atoms with Gasteiger partial charge in [0.25, 0.3) is 5.92 Å². The molecular formula is C4H3ClF2O. The lowest BCUT2D eigenvalue weighted by molar-refractivity contribution is -0.114. The third kappa shape index (κ3) is 0.823. The van der Waals surface area contributed by atoms with Crippen molar-refractivity contribution in [3.8, 4) is 0 Å².